The van der Waals surface area contributed by atoms with Gasteiger partial charge in [0.25, 0.3) is 5.91 Å². The minimum absolute atomic E-state index is 0.0694. The van der Waals surface area contributed by atoms with Gasteiger partial charge in [-0.2, -0.15) is 0 Å². The first-order chi connectivity index (χ1) is 14.7. The van der Waals surface area contributed by atoms with Crippen molar-refractivity contribution in [3.8, 4) is 5.75 Å². The molecular formula is C24H24ClN3O2. The summed E-state index contributed by atoms with van der Waals surface area (Å²) in [6.45, 7) is 4.51. The quantitative estimate of drug-likeness (QED) is 0.596. The molecule has 0 spiro atoms. The van der Waals surface area contributed by atoms with Crippen molar-refractivity contribution in [3.63, 3.8) is 0 Å². The summed E-state index contributed by atoms with van der Waals surface area (Å²) in [5, 5.41) is 0.752. The Kier molecular flexibility index (Phi) is 6.62. The van der Waals surface area contributed by atoms with Crippen molar-refractivity contribution in [2.75, 3.05) is 26.2 Å². The lowest BCUT2D eigenvalue weighted by Gasteiger charge is -2.34. The van der Waals surface area contributed by atoms with Crippen LogP contribution in [0.5, 0.6) is 5.75 Å². The fraction of sp³-hybridized carbons (Fsp3) is 0.250. The molecule has 0 bridgehead atoms. The van der Waals surface area contributed by atoms with Gasteiger partial charge in [0.1, 0.15) is 12.4 Å². The molecule has 1 aliphatic rings. The van der Waals surface area contributed by atoms with E-state index in [1.165, 1.54) is 5.56 Å². The van der Waals surface area contributed by atoms with Crippen LogP contribution in [0.25, 0.3) is 0 Å². The number of pyridine rings is 1. The van der Waals surface area contributed by atoms with Crippen molar-refractivity contribution in [2.24, 2.45) is 0 Å². The van der Waals surface area contributed by atoms with Gasteiger partial charge in [0.2, 0.25) is 0 Å². The highest BCUT2D eigenvalue weighted by atomic mass is 35.5. The molecule has 0 N–H and O–H groups in total. The summed E-state index contributed by atoms with van der Waals surface area (Å²) in [4.78, 5) is 21.2. The molecule has 1 fully saturated rings. The lowest BCUT2D eigenvalue weighted by atomic mass is 10.1. The molecular weight excluding hydrogens is 398 g/mol. The Balaban J connectivity index is 1.27. The maximum atomic E-state index is 12.8. The average Bonchev–Trinajstić information content (AvgIpc) is 2.80. The molecule has 5 nitrogen and oxygen atoms in total. The van der Waals surface area contributed by atoms with Crippen molar-refractivity contribution < 1.29 is 9.53 Å². The smallest absolute Gasteiger partial charge is 0.253 e. The van der Waals surface area contributed by atoms with Gasteiger partial charge in [-0.05, 0) is 48.0 Å². The zero-order valence-corrected chi connectivity index (χ0v) is 17.5. The summed E-state index contributed by atoms with van der Waals surface area (Å²) < 4.78 is 5.77. The van der Waals surface area contributed by atoms with Gasteiger partial charge in [0, 0.05) is 61.3 Å². The SMILES string of the molecule is O=C(c1ccc(OCc2cccnc2)cc1)N1CCN(Cc2ccc(Cl)cc2)CC1. The second-order valence-corrected chi connectivity index (χ2v) is 7.81. The third kappa shape index (κ3) is 5.38. The molecule has 3 aromatic rings. The van der Waals surface area contributed by atoms with Crippen molar-refractivity contribution in [1.29, 1.82) is 0 Å². The molecule has 2 heterocycles. The van der Waals surface area contributed by atoms with Gasteiger partial charge in [0.05, 0.1) is 0 Å². The van der Waals surface area contributed by atoms with Crippen LogP contribution < -0.4 is 4.74 Å². The highest BCUT2D eigenvalue weighted by molar-refractivity contribution is 6.30. The number of piperazine rings is 1. The molecule has 1 amide bonds. The Morgan fingerprint density at radius 3 is 2.33 bits per heavy atom. The van der Waals surface area contributed by atoms with E-state index in [0.29, 0.717) is 12.2 Å². The minimum atomic E-state index is 0.0694. The van der Waals surface area contributed by atoms with E-state index in [1.54, 1.807) is 12.4 Å². The maximum absolute atomic E-state index is 12.8. The normalized spacial score (nSPS) is 14.5. The van der Waals surface area contributed by atoms with Crippen molar-refractivity contribution >= 4 is 17.5 Å². The molecule has 0 aliphatic carbocycles. The van der Waals surface area contributed by atoms with E-state index in [1.807, 2.05) is 53.4 Å². The fourth-order valence-electron chi connectivity index (χ4n) is 3.48. The van der Waals surface area contributed by atoms with Crippen LogP contribution in [-0.4, -0.2) is 46.9 Å². The Hall–Kier alpha value is -2.89. The average molecular weight is 422 g/mol. The third-order valence-corrected chi connectivity index (χ3v) is 5.46. The number of amides is 1. The van der Waals surface area contributed by atoms with Crippen LogP contribution in [0.2, 0.25) is 5.02 Å². The van der Waals surface area contributed by atoms with Gasteiger partial charge in [-0.25, -0.2) is 0 Å². The molecule has 30 heavy (non-hydrogen) atoms. The number of rotatable bonds is 6. The van der Waals surface area contributed by atoms with Gasteiger partial charge in [-0.15, -0.1) is 0 Å². The number of carbonyl (C=O) groups is 1. The summed E-state index contributed by atoms with van der Waals surface area (Å²) in [6, 6.07) is 19.2. The zero-order chi connectivity index (χ0) is 20.8. The van der Waals surface area contributed by atoms with Gasteiger partial charge >= 0.3 is 0 Å². The molecule has 1 aromatic heterocycles. The second-order valence-electron chi connectivity index (χ2n) is 7.37. The number of hydrogen-bond donors (Lipinski definition) is 0. The van der Waals surface area contributed by atoms with Gasteiger partial charge in [-0.1, -0.05) is 29.8 Å². The van der Waals surface area contributed by atoms with E-state index in [0.717, 1.165) is 49.1 Å². The van der Waals surface area contributed by atoms with E-state index < -0.39 is 0 Å². The van der Waals surface area contributed by atoms with Gasteiger partial charge < -0.3 is 9.64 Å². The van der Waals surface area contributed by atoms with E-state index in [-0.39, 0.29) is 5.91 Å². The molecule has 0 atom stereocenters. The monoisotopic (exact) mass is 421 g/mol. The number of nitrogens with zero attached hydrogens (tertiary/aromatic N) is 3. The Morgan fingerprint density at radius 1 is 0.933 bits per heavy atom. The van der Waals surface area contributed by atoms with Gasteiger partial charge in [-0.3, -0.25) is 14.7 Å². The van der Waals surface area contributed by atoms with Crippen LogP contribution in [0.1, 0.15) is 21.5 Å². The van der Waals surface area contributed by atoms with Crippen molar-refractivity contribution in [2.45, 2.75) is 13.2 Å². The van der Waals surface area contributed by atoms with Crippen LogP contribution in [0, 0.1) is 0 Å². The predicted octanol–water partition coefficient (Wildman–Crippen LogP) is 4.27. The number of aromatic nitrogens is 1. The Labute approximate surface area is 181 Å². The summed E-state index contributed by atoms with van der Waals surface area (Å²) in [5.41, 5.74) is 2.94. The van der Waals surface area contributed by atoms with Crippen molar-refractivity contribution in [1.82, 2.24) is 14.8 Å². The number of halogens is 1. The van der Waals surface area contributed by atoms with Crippen LogP contribution in [0.3, 0.4) is 0 Å². The summed E-state index contributed by atoms with van der Waals surface area (Å²) in [7, 11) is 0. The van der Waals surface area contributed by atoms with Crippen molar-refractivity contribution in [3.05, 3.63) is 94.8 Å². The molecule has 6 heteroatoms. The van der Waals surface area contributed by atoms with E-state index in [9.17, 15) is 4.79 Å². The van der Waals surface area contributed by atoms with Crippen LogP contribution >= 0.6 is 11.6 Å². The fourth-order valence-corrected chi connectivity index (χ4v) is 3.61. The summed E-state index contributed by atoms with van der Waals surface area (Å²) >= 11 is 5.95. The first kappa shape index (κ1) is 20.4. The van der Waals surface area contributed by atoms with E-state index >= 15 is 0 Å². The number of carbonyl (C=O) groups excluding carboxylic acids is 1. The zero-order valence-electron chi connectivity index (χ0n) is 16.7. The largest absolute Gasteiger partial charge is 0.489 e. The maximum Gasteiger partial charge on any atom is 0.253 e. The lowest BCUT2D eigenvalue weighted by molar-refractivity contribution is 0.0628. The Morgan fingerprint density at radius 2 is 1.67 bits per heavy atom. The van der Waals surface area contributed by atoms with Gasteiger partial charge in [0.15, 0.2) is 0 Å². The number of hydrogen-bond acceptors (Lipinski definition) is 4. The molecule has 154 valence electrons. The summed E-state index contributed by atoms with van der Waals surface area (Å²) in [6.07, 6.45) is 3.52. The first-order valence-electron chi connectivity index (χ1n) is 10.1. The molecule has 1 saturated heterocycles. The molecule has 0 unspecified atom stereocenters. The topological polar surface area (TPSA) is 45.7 Å². The third-order valence-electron chi connectivity index (χ3n) is 5.21. The first-order valence-corrected chi connectivity index (χ1v) is 10.4. The minimum Gasteiger partial charge on any atom is -0.489 e. The molecule has 0 radical (unpaired) electrons. The molecule has 1 aliphatic heterocycles. The number of benzene rings is 2. The lowest BCUT2D eigenvalue weighted by Crippen LogP contribution is -2.48. The molecule has 0 saturated carbocycles. The highest BCUT2D eigenvalue weighted by Gasteiger charge is 2.22. The van der Waals surface area contributed by atoms with Crippen LogP contribution in [0.15, 0.2) is 73.1 Å². The predicted molar refractivity (Wildman–Crippen MR) is 118 cm³/mol. The van der Waals surface area contributed by atoms with Crippen LogP contribution in [-0.2, 0) is 13.2 Å². The number of ether oxygens (including phenoxy) is 1. The molecule has 2 aromatic carbocycles. The van der Waals surface area contributed by atoms with Crippen LogP contribution in [0.4, 0.5) is 0 Å². The van der Waals surface area contributed by atoms with E-state index in [2.05, 4.69) is 22.0 Å². The summed E-state index contributed by atoms with van der Waals surface area (Å²) in [5.74, 6) is 0.808. The highest BCUT2D eigenvalue weighted by Crippen LogP contribution is 2.17. The Bertz CT molecular complexity index is 954. The second kappa shape index (κ2) is 9.74. The standard InChI is InChI=1S/C24H24ClN3O2/c25-22-7-3-19(4-8-22)17-27-12-14-28(15-13-27)24(29)21-5-9-23(10-6-21)30-18-20-2-1-11-26-16-20/h1-11,16H,12-15,17-18H2. The molecule has 4 rings (SSSR count). The van der Waals surface area contributed by atoms with E-state index in [4.69, 9.17) is 16.3 Å².